The quantitative estimate of drug-likeness (QED) is 0.378. The van der Waals surface area contributed by atoms with Crippen LogP contribution in [0.3, 0.4) is 0 Å². The number of aryl methyl sites for hydroxylation is 2. The molecule has 1 atom stereocenters. The molecule has 1 aliphatic rings. The lowest BCUT2D eigenvalue weighted by Gasteiger charge is -2.25. The van der Waals surface area contributed by atoms with E-state index in [1.54, 1.807) is 24.5 Å². The summed E-state index contributed by atoms with van der Waals surface area (Å²) in [7, 11) is 0. The van der Waals surface area contributed by atoms with E-state index in [4.69, 9.17) is 0 Å². The topological polar surface area (TPSA) is 70.5 Å². The molecule has 1 amide bonds. The number of aliphatic hydroxyl groups is 1. The molecule has 4 rings (SSSR count). The Hall–Kier alpha value is -3.73. The van der Waals surface area contributed by atoms with Crippen LogP contribution in [-0.4, -0.2) is 26.7 Å². The minimum absolute atomic E-state index is 0.119. The number of amides is 1. The second-order valence-corrected chi connectivity index (χ2v) is 7.75. The lowest BCUT2D eigenvalue weighted by molar-refractivity contribution is -0.140. The van der Waals surface area contributed by atoms with E-state index < -0.39 is 17.7 Å². The Morgan fingerprint density at radius 2 is 1.71 bits per heavy atom. The van der Waals surface area contributed by atoms with Crippen molar-refractivity contribution in [2.45, 2.75) is 32.9 Å². The maximum absolute atomic E-state index is 13.1. The van der Waals surface area contributed by atoms with Gasteiger partial charge in [0, 0.05) is 24.5 Å². The summed E-state index contributed by atoms with van der Waals surface area (Å²) in [5.74, 6) is -1.43. The zero-order chi connectivity index (χ0) is 22.0. The lowest BCUT2D eigenvalue weighted by atomic mass is 9.94. The Kier molecular flexibility index (Phi) is 5.67. The van der Waals surface area contributed by atoms with Gasteiger partial charge in [0.05, 0.1) is 11.6 Å². The van der Waals surface area contributed by atoms with Crippen LogP contribution < -0.4 is 0 Å². The molecule has 1 aromatic heterocycles. The predicted molar refractivity (Wildman–Crippen MR) is 119 cm³/mol. The van der Waals surface area contributed by atoms with Gasteiger partial charge in [-0.3, -0.25) is 14.6 Å². The number of likely N-dealkylation sites (tertiary alicyclic amines) is 1. The molecule has 0 radical (unpaired) electrons. The summed E-state index contributed by atoms with van der Waals surface area (Å²) < 4.78 is 0. The minimum atomic E-state index is -0.669. The number of pyridine rings is 1. The number of carbonyl (C=O) groups excluding carboxylic acids is 2. The van der Waals surface area contributed by atoms with E-state index in [9.17, 15) is 14.7 Å². The maximum atomic E-state index is 13.1. The largest absolute Gasteiger partial charge is 0.507 e. The van der Waals surface area contributed by atoms with Gasteiger partial charge in [-0.05, 0) is 42.2 Å². The fraction of sp³-hybridized carbons (Fsp3) is 0.192. The standard InChI is InChI=1S/C26H24N2O3/c1-3-18-7-9-20(10-8-18)24(29)22-23(21-6-4-5-17(2)15-21)28(26(31)25(22)30)16-19-11-13-27-14-12-19/h4-15,23,29H,3,16H2,1-2H3/b24-22-. The molecule has 1 fully saturated rings. The van der Waals surface area contributed by atoms with Crippen LogP contribution in [-0.2, 0) is 22.6 Å². The van der Waals surface area contributed by atoms with Crippen molar-refractivity contribution < 1.29 is 14.7 Å². The van der Waals surface area contributed by atoms with Crippen LogP contribution in [0.5, 0.6) is 0 Å². The molecule has 0 bridgehead atoms. The van der Waals surface area contributed by atoms with Gasteiger partial charge in [-0.25, -0.2) is 0 Å². The summed E-state index contributed by atoms with van der Waals surface area (Å²) >= 11 is 0. The van der Waals surface area contributed by atoms with E-state index in [2.05, 4.69) is 11.9 Å². The van der Waals surface area contributed by atoms with Crippen molar-refractivity contribution in [3.05, 3.63) is 106 Å². The Labute approximate surface area is 181 Å². The van der Waals surface area contributed by atoms with Gasteiger partial charge in [-0.2, -0.15) is 0 Å². The summed E-state index contributed by atoms with van der Waals surface area (Å²) in [4.78, 5) is 31.7. The fourth-order valence-electron chi connectivity index (χ4n) is 3.97. The number of aromatic nitrogens is 1. The first kappa shape index (κ1) is 20.5. The number of carbonyl (C=O) groups is 2. The molecule has 1 N–H and O–H groups in total. The van der Waals surface area contributed by atoms with Crippen LogP contribution in [0.15, 0.2) is 78.6 Å². The van der Waals surface area contributed by atoms with Gasteiger partial charge in [0.1, 0.15) is 5.76 Å². The molecular formula is C26H24N2O3. The average molecular weight is 412 g/mol. The minimum Gasteiger partial charge on any atom is -0.507 e. The van der Waals surface area contributed by atoms with E-state index in [1.165, 1.54) is 4.90 Å². The van der Waals surface area contributed by atoms with Crippen LogP contribution in [0.1, 0.15) is 40.8 Å². The molecule has 31 heavy (non-hydrogen) atoms. The third-order valence-electron chi connectivity index (χ3n) is 5.64. The summed E-state index contributed by atoms with van der Waals surface area (Å²) in [6.45, 7) is 4.26. The van der Waals surface area contributed by atoms with Crippen LogP contribution in [0.2, 0.25) is 0 Å². The number of nitrogens with zero attached hydrogens (tertiary/aromatic N) is 2. The molecule has 3 aromatic rings. The highest BCUT2D eigenvalue weighted by molar-refractivity contribution is 6.46. The SMILES string of the molecule is CCc1ccc(/C(O)=C2/C(=O)C(=O)N(Cc3ccncc3)C2c2cccc(C)c2)cc1. The normalized spacial score (nSPS) is 17.9. The van der Waals surface area contributed by atoms with E-state index in [0.29, 0.717) is 5.56 Å². The average Bonchev–Trinajstić information content (AvgIpc) is 3.04. The molecule has 1 unspecified atom stereocenters. The van der Waals surface area contributed by atoms with Crippen molar-refractivity contribution >= 4 is 17.4 Å². The summed E-state index contributed by atoms with van der Waals surface area (Å²) in [6.07, 6.45) is 4.19. The summed E-state index contributed by atoms with van der Waals surface area (Å²) in [6, 6.07) is 18.1. The Morgan fingerprint density at radius 3 is 2.35 bits per heavy atom. The van der Waals surface area contributed by atoms with Gasteiger partial charge >= 0.3 is 0 Å². The first-order chi connectivity index (χ1) is 15.0. The fourth-order valence-corrected chi connectivity index (χ4v) is 3.97. The van der Waals surface area contributed by atoms with Crippen molar-refractivity contribution in [1.82, 2.24) is 9.88 Å². The molecule has 0 aliphatic carbocycles. The molecule has 2 heterocycles. The van der Waals surface area contributed by atoms with Gasteiger partial charge < -0.3 is 10.0 Å². The molecule has 2 aromatic carbocycles. The number of ketones is 1. The Bertz CT molecular complexity index is 1150. The summed E-state index contributed by atoms with van der Waals surface area (Å²) in [5.41, 5.74) is 4.44. The van der Waals surface area contributed by atoms with Gasteiger partial charge in [0.15, 0.2) is 0 Å². The number of hydrogen-bond acceptors (Lipinski definition) is 4. The first-order valence-electron chi connectivity index (χ1n) is 10.3. The van der Waals surface area contributed by atoms with Crippen molar-refractivity contribution in [2.75, 3.05) is 0 Å². The smallest absolute Gasteiger partial charge is 0.295 e. The molecule has 1 aliphatic heterocycles. The van der Waals surface area contributed by atoms with Crippen molar-refractivity contribution in [3.8, 4) is 0 Å². The van der Waals surface area contributed by atoms with Crippen LogP contribution in [0, 0.1) is 6.92 Å². The zero-order valence-electron chi connectivity index (χ0n) is 17.6. The number of benzene rings is 2. The molecule has 5 nitrogen and oxygen atoms in total. The third-order valence-corrected chi connectivity index (χ3v) is 5.64. The van der Waals surface area contributed by atoms with Crippen molar-refractivity contribution in [1.29, 1.82) is 0 Å². The van der Waals surface area contributed by atoms with Crippen molar-refractivity contribution in [2.24, 2.45) is 0 Å². The van der Waals surface area contributed by atoms with Gasteiger partial charge in [0.25, 0.3) is 11.7 Å². The molecule has 1 saturated heterocycles. The number of Topliss-reactive ketones (excluding diaryl/α,β-unsaturated/α-hetero) is 1. The number of hydrogen-bond donors (Lipinski definition) is 1. The van der Waals surface area contributed by atoms with E-state index in [-0.39, 0.29) is 17.9 Å². The highest BCUT2D eigenvalue weighted by atomic mass is 16.3. The highest BCUT2D eigenvalue weighted by Crippen LogP contribution is 2.40. The van der Waals surface area contributed by atoms with Crippen LogP contribution in [0.25, 0.3) is 5.76 Å². The number of rotatable bonds is 5. The van der Waals surface area contributed by atoms with Crippen LogP contribution >= 0.6 is 0 Å². The molecule has 5 heteroatoms. The first-order valence-corrected chi connectivity index (χ1v) is 10.3. The Morgan fingerprint density at radius 1 is 1.00 bits per heavy atom. The van der Waals surface area contributed by atoms with E-state index in [1.807, 2.05) is 55.5 Å². The third kappa shape index (κ3) is 3.99. The summed E-state index contributed by atoms with van der Waals surface area (Å²) in [5, 5.41) is 11.1. The maximum Gasteiger partial charge on any atom is 0.295 e. The van der Waals surface area contributed by atoms with E-state index >= 15 is 0 Å². The second kappa shape index (κ2) is 8.56. The van der Waals surface area contributed by atoms with Gasteiger partial charge in [0.2, 0.25) is 0 Å². The Balaban J connectivity index is 1.85. The second-order valence-electron chi connectivity index (χ2n) is 7.75. The van der Waals surface area contributed by atoms with Crippen molar-refractivity contribution in [3.63, 3.8) is 0 Å². The molecule has 0 spiro atoms. The lowest BCUT2D eigenvalue weighted by Crippen LogP contribution is -2.29. The zero-order valence-corrected chi connectivity index (χ0v) is 17.6. The molecule has 0 saturated carbocycles. The van der Waals surface area contributed by atoms with Crippen LogP contribution in [0.4, 0.5) is 0 Å². The van der Waals surface area contributed by atoms with E-state index in [0.717, 1.165) is 28.7 Å². The van der Waals surface area contributed by atoms with Gasteiger partial charge in [-0.1, -0.05) is 61.0 Å². The number of aliphatic hydroxyl groups excluding tert-OH is 1. The molecular weight excluding hydrogens is 388 g/mol. The monoisotopic (exact) mass is 412 g/mol. The predicted octanol–water partition coefficient (Wildman–Crippen LogP) is 4.57. The molecule has 156 valence electrons. The highest BCUT2D eigenvalue weighted by Gasteiger charge is 2.46. The van der Waals surface area contributed by atoms with Gasteiger partial charge in [-0.15, -0.1) is 0 Å².